The van der Waals surface area contributed by atoms with Crippen LogP contribution in [0.25, 0.3) is 0 Å². The molecule has 2 atom stereocenters. The van der Waals surface area contributed by atoms with Crippen molar-refractivity contribution in [3.8, 4) is 46.0 Å². The second-order valence-electron chi connectivity index (χ2n) is 16.5. The van der Waals surface area contributed by atoms with E-state index < -0.39 is 31.5 Å². The highest BCUT2D eigenvalue weighted by molar-refractivity contribution is 8.18. The van der Waals surface area contributed by atoms with Crippen LogP contribution < -0.4 is 37.9 Å². The fraction of sp³-hybridized carbons (Fsp3) is 0.480. The predicted molar refractivity (Wildman–Crippen MR) is 273 cm³/mol. The van der Waals surface area contributed by atoms with E-state index in [4.69, 9.17) is 47.4 Å². The molecule has 6 rings (SSSR count). The van der Waals surface area contributed by atoms with Gasteiger partial charge in [0.1, 0.15) is 19.6 Å². The Balaban J connectivity index is 1.40. The summed E-state index contributed by atoms with van der Waals surface area (Å²) in [6, 6.07) is 22.5. The second kappa shape index (κ2) is 23.0. The van der Waals surface area contributed by atoms with Crippen molar-refractivity contribution in [2.24, 2.45) is 0 Å². The van der Waals surface area contributed by atoms with Gasteiger partial charge in [-0.05, 0) is 123 Å². The molecule has 4 aromatic carbocycles. The van der Waals surface area contributed by atoms with Gasteiger partial charge in [-0.3, -0.25) is 9.80 Å². The molecule has 68 heavy (non-hydrogen) atoms. The molecular weight excluding hydrogens is 949 g/mol. The number of nitrogens with zero attached hydrogens (tertiary/aromatic N) is 2. The molecular formula is C50H64N2O12S4. The van der Waals surface area contributed by atoms with Gasteiger partial charge in [0.15, 0.2) is 46.0 Å². The maximum atomic E-state index is 14.7. The highest BCUT2D eigenvalue weighted by Crippen LogP contribution is 2.56. The summed E-state index contributed by atoms with van der Waals surface area (Å²) in [6.45, 7) is 3.88. The molecule has 2 heterocycles. The SMILES string of the molecule is COc1ccc(C(C)(CN(C)C2(c3ccc(OC)c(OC)c3)SCCCS2)OC(=O)C(=O)OC(C)(CN(C)C2(c3ccc(OC)c(OC)c3)SCCCS2)c2ccc(OC)c(OC)c2)cc1OC. The van der Waals surface area contributed by atoms with Gasteiger partial charge in [0.05, 0.1) is 56.9 Å². The third-order valence-corrected chi connectivity index (χ3v) is 19.3. The Bertz CT molecular complexity index is 2220. The molecule has 14 nitrogen and oxygen atoms in total. The monoisotopic (exact) mass is 1010 g/mol. The van der Waals surface area contributed by atoms with Crippen LogP contribution in [0.2, 0.25) is 0 Å². The summed E-state index contributed by atoms with van der Waals surface area (Å²) in [5.41, 5.74) is 0.195. The fourth-order valence-corrected chi connectivity index (χ4v) is 15.2. The summed E-state index contributed by atoms with van der Waals surface area (Å²) in [4.78, 5) is 33.7. The average molecular weight is 1010 g/mol. The maximum absolute atomic E-state index is 14.7. The molecule has 18 heteroatoms. The lowest BCUT2D eigenvalue weighted by molar-refractivity contribution is -0.188. The van der Waals surface area contributed by atoms with E-state index in [-0.39, 0.29) is 13.1 Å². The average Bonchev–Trinajstić information content (AvgIpc) is 3.37. The Morgan fingerprint density at radius 1 is 0.456 bits per heavy atom. The van der Waals surface area contributed by atoms with E-state index in [1.165, 1.54) is 0 Å². The minimum atomic E-state index is -1.45. The zero-order valence-corrected chi connectivity index (χ0v) is 44.3. The lowest BCUT2D eigenvalue weighted by Crippen LogP contribution is -2.51. The van der Waals surface area contributed by atoms with Gasteiger partial charge < -0.3 is 47.4 Å². The number of benzene rings is 4. The van der Waals surface area contributed by atoms with Gasteiger partial charge in [-0.25, -0.2) is 9.59 Å². The molecule has 370 valence electrons. The molecule has 2 aliphatic heterocycles. The van der Waals surface area contributed by atoms with Crippen LogP contribution in [0.5, 0.6) is 46.0 Å². The zero-order chi connectivity index (χ0) is 49.3. The summed E-state index contributed by atoms with van der Waals surface area (Å²) in [5, 5.41) is 0. The van der Waals surface area contributed by atoms with E-state index in [9.17, 15) is 9.59 Å². The molecule has 2 fully saturated rings. The third kappa shape index (κ3) is 10.9. The molecule has 2 aliphatic rings. The maximum Gasteiger partial charge on any atom is 0.418 e. The van der Waals surface area contributed by atoms with E-state index in [1.807, 2.05) is 62.6 Å². The van der Waals surface area contributed by atoms with Crippen molar-refractivity contribution in [3.05, 3.63) is 95.1 Å². The third-order valence-electron chi connectivity index (χ3n) is 12.1. The van der Waals surface area contributed by atoms with Crippen molar-refractivity contribution in [2.45, 2.75) is 46.3 Å². The highest BCUT2D eigenvalue weighted by Gasteiger charge is 2.48. The van der Waals surface area contributed by atoms with Crippen molar-refractivity contribution in [2.75, 3.05) is 107 Å². The summed E-state index contributed by atoms with van der Waals surface area (Å²) in [7, 11) is 16.6. The zero-order valence-electron chi connectivity index (χ0n) is 41.0. The molecule has 0 amide bonds. The quantitative estimate of drug-likeness (QED) is 0.0615. The van der Waals surface area contributed by atoms with Crippen molar-refractivity contribution >= 4 is 59.0 Å². The first kappa shape index (κ1) is 52.9. The van der Waals surface area contributed by atoms with Crippen molar-refractivity contribution in [1.82, 2.24) is 9.80 Å². The Morgan fingerprint density at radius 2 is 0.735 bits per heavy atom. The van der Waals surface area contributed by atoms with E-state index in [0.29, 0.717) is 57.1 Å². The highest BCUT2D eigenvalue weighted by atomic mass is 32.2. The minimum absolute atomic E-state index is 0.147. The molecule has 2 unspecified atom stereocenters. The van der Waals surface area contributed by atoms with Crippen LogP contribution in [0.3, 0.4) is 0 Å². The van der Waals surface area contributed by atoms with E-state index in [0.717, 1.165) is 47.0 Å². The Kier molecular flexibility index (Phi) is 17.9. The number of thioether (sulfide) groups is 4. The van der Waals surface area contributed by atoms with Gasteiger partial charge >= 0.3 is 11.9 Å². The normalized spacial score (nSPS) is 17.2. The molecule has 0 spiro atoms. The summed E-state index contributed by atoms with van der Waals surface area (Å²) < 4.78 is 57.1. The molecule has 0 saturated carbocycles. The van der Waals surface area contributed by atoms with Crippen LogP contribution >= 0.6 is 47.0 Å². The largest absolute Gasteiger partial charge is 0.493 e. The van der Waals surface area contributed by atoms with Gasteiger partial charge in [-0.1, -0.05) is 24.3 Å². The number of hydrogen-bond donors (Lipinski definition) is 0. The standard InChI is InChI=1S/C50H64N2O12S4/c1-47(33-15-19-37(55-5)41(27-33)59-9,31-51(3)49(65-23-13-24-66-49)35-17-21-39(57-7)43(29-35)61-11)63-45(53)46(54)64-48(2,34-16-20-38(56-6)42(28-34)60-10)32-52(4)50(67-25-14-26-68-50)36-18-22-40(58-8)44(30-36)62-12/h15-22,27-30H,13-14,23-26,31-32H2,1-12H3. The van der Waals surface area contributed by atoms with Crippen LogP contribution in [0.1, 0.15) is 48.9 Å². The lowest BCUT2D eigenvalue weighted by Gasteiger charge is -2.47. The van der Waals surface area contributed by atoms with E-state index in [1.54, 1.807) is 142 Å². The molecule has 2 saturated heterocycles. The smallest absolute Gasteiger partial charge is 0.418 e. The number of likely N-dealkylation sites (N-methyl/N-ethyl adjacent to an activating group) is 2. The lowest BCUT2D eigenvalue weighted by atomic mass is 9.93. The Labute approximate surface area is 418 Å². The van der Waals surface area contributed by atoms with Crippen LogP contribution in [0, 0.1) is 0 Å². The van der Waals surface area contributed by atoms with Crippen molar-refractivity contribution in [3.63, 3.8) is 0 Å². The second-order valence-corrected chi connectivity index (χ2v) is 22.2. The molecule has 0 N–H and O–H groups in total. The number of rotatable bonds is 20. The molecule has 4 aromatic rings. The first-order chi connectivity index (χ1) is 32.6. The van der Waals surface area contributed by atoms with Gasteiger partial charge in [0.25, 0.3) is 0 Å². The van der Waals surface area contributed by atoms with Crippen LogP contribution in [0.4, 0.5) is 0 Å². The number of carbonyl (C=O) groups excluding carboxylic acids is 2. The van der Waals surface area contributed by atoms with Gasteiger partial charge in [-0.2, -0.15) is 0 Å². The van der Waals surface area contributed by atoms with E-state index in [2.05, 4.69) is 9.80 Å². The van der Waals surface area contributed by atoms with Crippen LogP contribution in [-0.2, 0) is 38.7 Å². The number of methoxy groups -OCH3 is 8. The van der Waals surface area contributed by atoms with Gasteiger partial charge in [-0.15, -0.1) is 47.0 Å². The molecule has 0 bridgehead atoms. The van der Waals surface area contributed by atoms with Crippen molar-refractivity contribution in [1.29, 1.82) is 0 Å². The minimum Gasteiger partial charge on any atom is -0.493 e. The van der Waals surface area contributed by atoms with Crippen molar-refractivity contribution < 1.29 is 57.0 Å². The molecule has 0 aliphatic carbocycles. The first-order valence-electron chi connectivity index (χ1n) is 22.0. The van der Waals surface area contributed by atoms with Gasteiger partial charge in [0, 0.05) is 24.2 Å². The fourth-order valence-electron chi connectivity index (χ4n) is 8.62. The number of carbonyl (C=O) groups is 2. The van der Waals surface area contributed by atoms with Crippen LogP contribution in [0.15, 0.2) is 72.8 Å². The Hall–Kier alpha value is -4.46. The predicted octanol–water partition coefficient (Wildman–Crippen LogP) is 9.20. The number of ether oxygens (including phenoxy) is 10. The molecule has 0 radical (unpaired) electrons. The first-order valence-corrected chi connectivity index (χ1v) is 25.9. The molecule has 0 aromatic heterocycles. The van der Waals surface area contributed by atoms with E-state index >= 15 is 0 Å². The summed E-state index contributed by atoms with van der Waals surface area (Å²) in [6.07, 6.45) is 2.04. The van der Waals surface area contributed by atoms with Crippen LogP contribution in [-0.4, -0.2) is 129 Å². The summed E-state index contributed by atoms with van der Waals surface area (Å²) in [5.74, 6) is 5.46. The van der Waals surface area contributed by atoms with Gasteiger partial charge in [0.2, 0.25) is 0 Å². The summed E-state index contributed by atoms with van der Waals surface area (Å²) >= 11 is 7.14. The Morgan fingerprint density at radius 3 is 1.03 bits per heavy atom. The number of esters is 2. The number of hydrogen-bond acceptors (Lipinski definition) is 18. The topological polar surface area (TPSA) is 133 Å².